The third-order valence-corrected chi connectivity index (χ3v) is 4.73. The summed E-state index contributed by atoms with van der Waals surface area (Å²) in [5.41, 5.74) is 8.32. The molecule has 0 radical (unpaired) electrons. The molecule has 31 heavy (non-hydrogen) atoms. The van der Waals surface area contributed by atoms with E-state index in [0.717, 1.165) is 11.1 Å². The quantitative estimate of drug-likeness (QED) is 0.405. The summed E-state index contributed by atoms with van der Waals surface area (Å²) >= 11 is 5.26. The first-order chi connectivity index (χ1) is 15.0. The van der Waals surface area contributed by atoms with Gasteiger partial charge < -0.3 is 10.1 Å². The Morgan fingerprint density at radius 3 is 2.48 bits per heavy atom. The summed E-state index contributed by atoms with van der Waals surface area (Å²) in [4.78, 5) is 12.5. The van der Waals surface area contributed by atoms with E-state index in [2.05, 4.69) is 22.2 Å². The van der Waals surface area contributed by atoms with E-state index in [1.54, 1.807) is 42.5 Å². The molecule has 3 aromatic rings. The first kappa shape index (κ1) is 21.8. The van der Waals surface area contributed by atoms with Crippen molar-refractivity contribution in [2.75, 3.05) is 0 Å². The lowest BCUT2D eigenvalue weighted by Crippen LogP contribution is -2.47. The Morgan fingerprint density at radius 1 is 1.03 bits per heavy atom. The number of benzene rings is 3. The van der Waals surface area contributed by atoms with Crippen LogP contribution in [0.2, 0.25) is 0 Å². The molecule has 156 valence electrons. The molecule has 0 fully saturated rings. The Balaban J connectivity index is 1.50. The summed E-state index contributed by atoms with van der Waals surface area (Å²) < 4.78 is 5.72. The lowest BCUT2D eigenvalue weighted by molar-refractivity contribution is 0.0943. The van der Waals surface area contributed by atoms with E-state index >= 15 is 0 Å². The highest BCUT2D eigenvalue weighted by Gasteiger charge is 2.09. The van der Waals surface area contributed by atoms with Crippen molar-refractivity contribution in [1.82, 2.24) is 16.2 Å². The van der Waals surface area contributed by atoms with Crippen LogP contribution in [0.4, 0.5) is 0 Å². The highest BCUT2D eigenvalue weighted by molar-refractivity contribution is 7.80. The van der Waals surface area contributed by atoms with Crippen LogP contribution in [0.5, 0.6) is 5.75 Å². The number of nitrogens with one attached hydrogen (secondary N) is 3. The first-order valence-corrected chi connectivity index (χ1v) is 10.1. The van der Waals surface area contributed by atoms with Gasteiger partial charge in [0.15, 0.2) is 5.11 Å². The van der Waals surface area contributed by atoms with Crippen LogP contribution >= 0.6 is 12.2 Å². The maximum atomic E-state index is 12.5. The number of hydrazine groups is 1. The maximum absolute atomic E-state index is 12.5. The van der Waals surface area contributed by atoms with Crippen molar-refractivity contribution < 1.29 is 9.53 Å². The predicted molar refractivity (Wildman–Crippen MR) is 123 cm³/mol. The van der Waals surface area contributed by atoms with Crippen LogP contribution in [0.3, 0.4) is 0 Å². The summed E-state index contributed by atoms with van der Waals surface area (Å²) in [5.74, 6) is 0.344. The van der Waals surface area contributed by atoms with Gasteiger partial charge in [-0.05, 0) is 66.7 Å². The molecule has 0 saturated carbocycles. The van der Waals surface area contributed by atoms with Crippen LogP contribution in [0, 0.1) is 11.3 Å². The molecule has 0 aliphatic carbocycles. The molecule has 7 heteroatoms. The Bertz CT molecular complexity index is 1080. The molecule has 6 nitrogen and oxygen atoms in total. The minimum absolute atomic E-state index is 0.000744. The van der Waals surface area contributed by atoms with Gasteiger partial charge in [-0.1, -0.05) is 42.5 Å². The molecule has 3 aromatic carbocycles. The molecular weight excluding hydrogens is 408 g/mol. The number of thiocarbonyl (C=S) groups is 1. The minimum atomic E-state index is -0.309. The third-order valence-electron chi connectivity index (χ3n) is 4.51. The van der Waals surface area contributed by atoms with Crippen LogP contribution in [0.15, 0.2) is 78.9 Å². The van der Waals surface area contributed by atoms with E-state index in [-0.39, 0.29) is 11.9 Å². The summed E-state index contributed by atoms with van der Waals surface area (Å²) in [7, 11) is 0. The normalized spacial score (nSPS) is 11.0. The number of ether oxygens (including phenoxy) is 1. The summed E-state index contributed by atoms with van der Waals surface area (Å²) in [6.07, 6.45) is 0. The zero-order valence-electron chi connectivity index (χ0n) is 17.0. The number of rotatable bonds is 6. The van der Waals surface area contributed by atoms with Crippen LogP contribution < -0.4 is 20.9 Å². The van der Waals surface area contributed by atoms with E-state index in [9.17, 15) is 4.79 Å². The van der Waals surface area contributed by atoms with Crippen molar-refractivity contribution in [2.24, 2.45) is 0 Å². The van der Waals surface area contributed by atoms with Crippen molar-refractivity contribution in [3.63, 3.8) is 0 Å². The van der Waals surface area contributed by atoms with Crippen LogP contribution in [-0.2, 0) is 6.61 Å². The maximum Gasteiger partial charge on any atom is 0.269 e. The molecule has 0 saturated heterocycles. The average molecular weight is 431 g/mol. The largest absolute Gasteiger partial charge is 0.489 e. The number of carbonyl (C=O) groups is 1. The van der Waals surface area contributed by atoms with Gasteiger partial charge in [0.05, 0.1) is 17.7 Å². The van der Waals surface area contributed by atoms with Crippen molar-refractivity contribution in [3.8, 4) is 11.8 Å². The van der Waals surface area contributed by atoms with Crippen molar-refractivity contribution in [2.45, 2.75) is 19.6 Å². The van der Waals surface area contributed by atoms with Crippen LogP contribution in [0.25, 0.3) is 0 Å². The molecule has 0 aromatic heterocycles. The second kappa shape index (κ2) is 10.8. The molecule has 0 aliphatic heterocycles. The highest BCUT2D eigenvalue weighted by Crippen LogP contribution is 2.15. The molecule has 0 bridgehead atoms. The fourth-order valence-corrected chi connectivity index (χ4v) is 3.07. The van der Waals surface area contributed by atoms with Gasteiger partial charge >= 0.3 is 0 Å². The van der Waals surface area contributed by atoms with Gasteiger partial charge in [-0.2, -0.15) is 5.26 Å². The summed E-state index contributed by atoms with van der Waals surface area (Å²) in [6.45, 7) is 2.29. The smallest absolute Gasteiger partial charge is 0.269 e. The molecule has 0 spiro atoms. The third kappa shape index (κ3) is 6.56. The zero-order chi connectivity index (χ0) is 22.1. The monoisotopic (exact) mass is 430 g/mol. The summed E-state index contributed by atoms with van der Waals surface area (Å²) in [5, 5.41) is 12.3. The highest BCUT2D eigenvalue weighted by atomic mass is 32.1. The lowest BCUT2D eigenvalue weighted by Gasteiger charge is -2.17. The standard InChI is InChI=1S/C24H22N4O2S/c1-17(20-7-3-2-4-8-20)26-24(31)28-27-23(29)21-9-5-6-19(14-21)16-30-22-12-10-18(15-25)11-13-22/h2-14,17H,16H2,1H3,(H,27,29)(H2,26,28,31)/t17-/m0/s1. The van der Waals surface area contributed by atoms with E-state index < -0.39 is 0 Å². The van der Waals surface area contributed by atoms with Gasteiger partial charge in [-0.15, -0.1) is 0 Å². The van der Waals surface area contributed by atoms with Crippen molar-refractivity contribution in [1.29, 1.82) is 5.26 Å². The zero-order valence-corrected chi connectivity index (χ0v) is 17.8. The second-order valence-electron chi connectivity index (χ2n) is 6.81. The Kier molecular flexibility index (Phi) is 7.57. The number of amides is 1. The molecule has 0 heterocycles. The second-order valence-corrected chi connectivity index (χ2v) is 7.22. The van der Waals surface area contributed by atoms with Crippen LogP contribution in [-0.4, -0.2) is 11.0 Å². The number of hydrogen-bond donors (Lipinski definition) is 3. The predicted octanol–water partition coefficient (Wildman–Crippen LogP) is 4.01. The van der Waals surface area contributed by atoms with E-state index in [1.807, 2.05) is 43.3 Å². The van der Waals surface area contributed by atoms with Gasteiger partial charge in [0, 0.05) is 5.56 Å². The number of nitrogens with zero attached hydrogens (tertiary/aromatic N) is 1. The number of nitriles is 1. The van der Waals surface area contributed by atoms with E-state index in [4.69, 9.17) is 22.2 Å². The molecule has 0 unspecified atom stereocenters. The van der Waals surface area contributed by atoms with Gasteiger partial charge in [0.25, 0.3) is 5.91 Å². The molecule has 1 amide bonds. The fraction of sp³-hybridized carbons (Fsp3) is 0.125. The SMILES string of the molecule is C[C@H](NC(=S)NNC(=O)c1cccc(COc2ccc(C#N)cc2)c1)c1ccccc1. The topological polar surface area (TPSA) is 86.2 Å². The van der Waals surface area contributed by atoms with Gasteiger partial charge in [0.2, 0.25) is 0 Å². The fourth-order valence-electron chi connectivity index (χ4n) is 2.84. The van der Waals surface area contributed by atoms with E-state index in [1.165, 1.54) is 0 Å². The van der Waals surface area contributed by atoms with Gasteiger partial charge in [-0.25, -0.2) is 0 Å². The van der Waals surface area contributed by atoms with Gasteiger partial charge in [-0.3, -0.25) is 15.6 Å². The molecule has 3 N–H and O–H groups in total. The van der Waals surface area contributed by atoms with Gasteiger partial charge in [0.1, 0.15) is 12.4 Å². The number of hydrogen-bond acceptors (Lipinski definition) is 4. The Morgan fingerprint density at radius 2 is 1.77 bits per heavy atom. The first-order valence-electron chi connectivity index (χ1n) is 9.69. The van der Waals surface area contributed by atoms with Crippen molar-refractivity contribution in [3.05, 3.63) is 101 Å². The number of carbonyl (C=O) groups excluding carboxylic acids is 1. The minimum Gasteiger partial charge on any atom is -0.489 e. The van der Waals surface area contributed by atoms with E-state index in [0.29, 0.717) is 28.6 Å². The molecule has 3 rings (SSSR count). The average Bonchev–Trinajstić information content (AvgIpc) is 2.82. The lowest BCUT2D eigenvalue weighted by atomic mass is 10.1. The summed E-state index contributed by atoms with van der Waals surface area (Å²) in [6, 6.07) is 26.0. The molecule has 0 aliphatic rings. The Hall–Kier alpha value is -3.89. The van der Waals surface area contributed by atoms with Crippen molar-refractivity contribution >= 4 is 23.2 Å². The molecule has 1 atom stereocenters. The molecular formula is C24H22N4O2S. The Labute approximate surface area is 186 Å². The van der Waals surface area contributed by atoms with Crippen LogP contribution in [0.1, 0.15) is 40.0 Å².